The first-order valence-corrected chi connectivity index (χ1v) is 19.3. The molecule has 3 aliphatic rings. The van der Waals surface area contributed by atoms with Crippen LogP contribution in [-0.2, 0) is 32.0 Å². The summed E-state index contributed by atoms with van der Waals surface area (Å²) in [6.07, 6.45) is 6.12. The van der Waals surface area contributed by atoms with Crippen molar-refractivity contribution < 1.29 is 28.7 Å². The van der Waals surface area contributed by atoms with E-state index in [4.69, 9.17) is 16.3 Å². The maximum atomic E-state index is 13.8. The number of nitrogens with zero attached hydrogens (tertiary/aromatic N) is 2. The minimum absolute atomic E-state index is 0.0216. The van der Waals surface area contributed by atoms with E-state index in [2.05, 4.69) is 58.2 Å². The van der Waals surface area contributed by atoms with E-state index in [0.717, 1.165) is 29.3 Å². The largest absolute Gasteiger partial charge is 0.495 e. The molecule has 0 spiro atoms. The van der Waals surface area contributed by atoms with Gasteiger partial charge < -0.3 is 35.5 Å². The highest BCUT2D eigenvalue weighted by atomic mass is 35.5. The molecule has 3 unspecified atom stereocenters. The van der Waals surface area contributed by atoms with Gasteiger partial charge in [-0.2, -0.15) is 0 Å². The molecule has 7 rings (SSSR count). The number of aromatic amines is 1. The van der Waals surface area contributed by atoms with Gasteiger partial charge in [0.15, 0.2) is 0 Å². The van der Waals surface area contributed by atoms with Crippen molar-refractivity contribution in [3.05, 3.63) is 94.6 Å². The van der Waals surface area contributed by atoms with Gasteiger partial charge in [0.2, 0.25) is 23.6 Å². The second kappa shape index (κ2) is 17.9. The second-order valence-electron chi connectivity index (χ2n) is 14.5. The summed E-state index contributed by atoms with van der Waals surface area (Å²) in [5.74, 6) is -1.62. The van der Waals surface area contributed by atoms with Gasteiger partial charge in [-0.3, -0.25) is 24.0 Å². The number of amides is 5. The maximum Gasteiger partial charge on any atom is 0.254 e. The number of nitrogens with one attached hydrogen (secondary N) is 4. The molecule has 290 valence electrons. The lowest BCUT2D eigenvalue weighted by molar-refractivity contribution is -0.139. The lowest BCUT2D eigenvalue weighted by atomic mass is 9.79. The molecule has 1 aliphatic carbocycles. The number of H-pyrrole nitrogens is 1. The molecule has 5 amide bonds. The number of benzene rings is 3. The average molecular weight is 769 g/mol. The molecule has 0 bridgehead atoms. The summed E-state index contributed by atoms with van der Waals surface area (Å²) in [4.78, 5) is 71.7. The zero-order valence-electron chi connectivity index (χ0n) is 31.5. The Morgan fingerprint density at radius 2 is 1.67 bits per heavy atom. The average Bonchev–Trinajstić information content (AvgIpc) is 3.86. The number of likely N-dealkylation sites (N-methyl/N-ethyl adjacent to an activating group) is 1. The fourth-order valence-electron chi connectivity index (χ4n) is 7.51. The molecule has 1 saturated carbocycles. The third-order valence-corrected chi connectivity index (χ3v) is 10.9. The van der Waals surface area contributed by atoms with Crippen molar-refractivity contribution in [1.82, 2.24) is 25.4 Å². The third kappa shape index (κ3) is 9.66. The number of aromatic nitrogens is 1. The number of fused-ring (bicyclic) bond motifs is 2. The molecule has 4 aromatic rings. The molecule has 3 heterocycles. The van der Waals surface area contributed by atoms with Crippen molar-refractivity contribution in [1.29, 1.82) is 0 Å². The molecule has 2 saturated heterocycles. The second-order valence-corrected chi connectivity index (χ2v) is 15.0. The lowest BCUT2D eigenvalue weighted by Crippen LogP contribution is -2.54. The Bertz CT molecular complexity index is 2030. The Morgan fingerprint density at radius 1 is 0.909 bits per heavy atom. The number of methoxy groups -OCH3 is 1. The van der Waals surface area contributed by atoms with Crippen LogP contribution in [0.3, 0.4) is 0 Å². The fraction of sp³-hybridized carbons (Fsp3) is 0.405. The van der Waals surface area contributed by atoms with Crippen LogP contribution in [0.1, 0.15) is 47.7 Å². The van der Waals surface area contributed by atoms with Crippen molar-refractivity contribution >= 4 is 57.7 Å². The number of rotatable bonds is 11. The number of aryl methyl sites for hydroxylation is 1. The van der Waals surface area contributed by atoms with Gasteiger partial charge in [-0.15, -0.1) is 0 Å². The van der Waals surface area contributed by atoms with Gasteiger partial charge >= 0.3 is 0 Å². The van der Waals surface area contributed by atoms with Crippen molar-refractivity contribution in [3.8, 4) is 5.75 Å². The van der Waals surface area contributed by atoms with E-state index in [9.17, 15) is 24.0 Å². The van der Waals surface area contributed by atoms with Crippen LogP contribution in [0.15, 0.2) is 72.9 Å². The standard InChI is InChI=1S/C33H37ClN6O6.C9H12/c1-35-29(41)13-37-32(44)25-17-39(30(42)10-20-12-36-27-11-22(34)6-7-23(20)27)14-21-15-40(16-24(21)25)33(45)19-5-8-26(28(9-19)46-2)38-31(43)18-3-4-18;1-2-6-9-7-4-3-5-8-9/h5-9,11-12,18,21,24-25,36H,3-4,10,13-17H2,1-2H3,(H,35,41)(H,37,44)(H,38,43);3-5,7-8H,2,6H2,1H3. The Kier molecular flexibility index (Phi) is 12.8. The smallest absolute Gasteiger partial charge is 0.254 e. The molecule has 4 N–H and O–H groups in total. The molecular formula is C42H49ClN6O6. The molecule has 12 nitrogen and oxygen atoms in total. The first-order chi connectivity index (χ1) is 26.6. The molecule has 0 radical (unpaired) electrons. The van der Waals surface area contributed by atoms with E-state index >= 15 is 0 Å². The molecule has 2 aliphatic heterocycles. The van der Waals surface area contributed by atoms with Crippen LogP contribution in [0.5, 0.6) is 5.75 Å². The molecule has 55 heavy (non-hydrogen) atoms. The number of anilines is 1. The number of carbonyl (C=O) groups excluding carboxylic acids is 5. The van der Waals surface area contributed by atoms with Crippen LogP contribution in [0, 0.1) is 23.7 Å². The van der Waals surface area contributed by atoms with E-state index in [1.165, 1.54) is 32.6 Å². The van der Waals surface area contributed by atoms with Crippen LogP contribution >= 0.6 is 11.6 Å². The number of hydrogen-bond donors (Lipinski definition) is 4. The van der Waals surface area contributed by atoms with E-state index in [1.807, 2.05) is 6.07 Å². The topological polar surface area (TPSA) is 153 Å². The highest BCUT2D eigenvalue weighted by molar-refractivity contribution is 6.31. The van der Waals surface area contributed by atoms with Gasteiger partial charge in [0.1, 0.15) is 5.75 Å². The Balaban J connectivity index is 0.000000502. The van der Waals surface area contributed by atoms with Crippen LogP contribution < -0.4 is 20.7 Å². The van der Waals surface area contributed by atoms with Gasteiger partial charge in [-0.1, -0.05) is 61.3 Å². The van der Waals surface area contributed by atoms with E-state index in [-0.39, 0.29) is 66.8 Å². The van der Waals surface area contributed by atoms with Crippen LogP contribution in [-0.4, -0.2) is 91.2 Å². The summed E-state index contributed by atoms with van der Waals surface area (Å²) >= 11 is 6.13. The molecule has 13 heteroatoms. The van der Waals surface area contributed by atoms with Crippen molar-refractivity contribution in [2.45, 2.75) is 39.0 Å². The molecule has 3 fully saturated rings. The van der Waals surface area contributed by atoms with Crippen LogP contribution in [0.25, 0.3) is 10.9 Å². The van der Waals surface area contributed by atoms with Gasteiger partial charge in [0, 0.05) is 66.8 Å². The zero-order valence-corrected chi connectivity index (χ0v) is 32.3. The molecule has 3 aromatic carbocycles. The molecular weight excluding hydrogens is 720 g/mol. The highest BCUT2D eigenvalue weighted by Crippen LogP contribution is 2.38. The SMILES string of the molecule is CCCc1ccccc1.CNC(=O)CNC(=O)C1CN(C(=O)Cc2c[nH]c3cc(Cl)ccc23)CC2CN(C(=O)c3ccc(NC(=O)C4CC4)c(OC)c3)CC21. The van der Waals surface area contributed by atoms with Crippen molar-refractivity contribution in [2.75, 3.05) is 52.2 Å². The molecule has 1 aromatic heterocycles. The summed E-state index contributed by atoms with van der Waals surface area (Å²) in [7, 11) is 2.98. The number of ether oxygens (including phenoxy) is 1. The summed E-state index contributed by atoms with van der Waals surface area (Å²) in [5, 5.41) is 9.58. The first kappa shape index (κ1) is 39.3. The van der Waals surface area contributed by atoms with E-state index in [1.54, 1.807) is 46.3 Å². The minimum atomic E-state index is -0.610. The number of halogens is 1. The van der Waals surface area contributed by atoms with Gasteiger partial charge in [0.25, 0.3) is 5.91 Å². The maximum absolute atomic E-state index is 13.8. The Hall–Kier alpha value is -5.36. The van der Waals surface area contributed by atoms with Crippen LogP contribution in [0.2, 0.25) is 5.02 Å². The quantitative estimate of drug-likeness (QED) is 0.167. The number of hydrogen-bond acceptors (Lipinski definition) is 6. The summed E-state index contributed by atoms with van der Waals surface area (Å²) < 4.78 is 5.49. The van der Waals surface area contributed by atoms with Gasteiger partial charge in [0.05, 0.1) is 31.7 Å². The zero-order chi connectivity index (χ0) is 39.1. The monoisotopic (exact) mass is 768 g/mol. The minimum Gasteiger partial charge on any atom is -0.495 e. The predicted molar refractivity (Wildman–Crippen MR) is 212 cm³/mol. The summed E-state index contributed by atoms with van der Waals surface area (Å²) in [6, 6.07) is 21.0. The number of carbonyl (C=O) groups is 5. The van der Waals surface area contributed by atoms with Crippen LogP contribution in [0.4, 0.5) is 5.69 Å². The van der Waals surface area contributed by atoms with E-state index < -0.39 is 5.92 Å². The number of likely N-dealkylation sites (tertiary alicyclic amines) is 2. The summed E-state index contributed by atoms with van der Waals surface area (Å²) in [5.41, 5.74) is 4.01. The Morgan fingerprint density at radius 3 is 2.38 bits per heavy atom. The Labute approximate surface area is 326 Å². The predicted octanol–water partition coefficient (Wildman–Crippen LogP) is 5.07. The normalized spacial score (nSPS) is 18.8. The first-order valence-electron chi connectivity index (χ1n) is 18.9. The van der Waals surface area contributed by atoms with Gasteiger partial charge in [-0.05, 0) is 72.6 Å². The summed E-state index contributed by atoms with van der Waals surface area (Å²) in [6.45, 7) is 3.29. The third-order valence-electron chi connectivity index (χ3n) is 10.7. The van der Waals surface area contributed by atoms with Gasteiger partial charge in [-0.25, -0.2) is 0 Å². The highest BCUT2D eigenvalue weighted by Gasteiger charge is 2.48. The number of piperidine rings is 1. The lowest BCUT2D eigenvalue weighted by Gasteiger charge is -2.39. The van der Waals surface area contributed by atoms with Crippen molar-refractivity contribution in [2.24, 2.45) is 23.7 Å². The molecule has 3 atom stereocenters. The van der Waals surface area contributed by atoms with E-state index in [0.29, 0.717) is 41.7 Å². The van der Waals surface area contributed by atoms with Crippen molar-refractivity contribution in [3.63, 3.8) is 0 Å². The fourth-order valence-corrected chi connectivity index (χ4v) is 7.68.